The van der Waals surface area contributed by atoms with Crippen LogP contribution in [0.1, 0.15) is 42.5 Å². The van der Waals surface area contributed by atoms with Crippen LogP contribution in [0.5, 0.6) is 0 Å². The maximum absolute atomic E-state index is 13.2. The molecule has 0 atom stereocenters. The predicted octanol–water partition coefficient (Wildman–Crippen LogP) is 2.50. The zero-order chi connectivity index (χ0) is 15.0. The molecule has 4 nitrogen and oxygen atoms in total. The highest BCUT2D eigenvalue weighted by Crippen LogP contribution is 2.31. The van der Waals surface area contributed by atoms with Gasteiger partial charge in [-0.05, 0) is 31.0 Å². The lowest BCUT2D eigenvalue weighted by Gasteiger charge is -2.23. The van der Waals surface area contributed by atoms with E-state index in [0.29, 0.717) is 5.69 Å². The van der Waals surface area contributed by atoms with Crippen molar-refractivity contribution in [3.8, 4) is 0 Å². The Morgan fingerprint density at radius 1 is 1.19 bits per heavy atom. The number of carbonyl (C=O) groups is 3. The zero-order valence-electron chi connectivity index (χ0n) is 11.6. The Balaban J connectivity index is 1.81. The molecule has 0 saturated heterocycles. The van der Waals surface area contributed by atoms with Crippen molar-refractivity contribution in [2.45, 2.75) is 32.1 Å². The molecule has 3 rings (SSSR count). The molecule has 0 unspecified atom stereocenters. The van der Waals surface area contributed by atoms with E-state index in [2.05, 4.69) is 0 Å². The summed E-state index contributed by atoms with van der Waals surface area (Å²) >= 11 is 0. The number of ketones is 2. The molecule has 1 aromatic rings. The fraction of sp³-hybridized carbons (Fsp3) is 0.438. The maximum Gasteiger partial charge on any atom is 0.299 e. The number of Topliss-reactive ketones (excluding diaryl/α,β-unsaturated/α-hetero) is 2. The monoisotopic (exact) mass is 289 g/mol. The Kier molecular flexibility index (Phi) is 3.57. The molecule has 110 valence electrons. The topological polar surface area (TPSA) is 54.5 Å². The highest BCUT2D eigenvalue weighted by molar-refractivity contribution is 6.52. The van der Waals surface area contributed by atoms with E-state index in [0.717, 1.165) is 38.2 Å². The Hall–Kier alpha value is -2.04. The van der Waals surface area contributed by atoms with E-state index in [-0.39, 0.29) is 23.8 Å². The summed E-state index contributed by atoms with van der Waals surface area (Å²) in [5.41, 5.74) is 0.395. The number of fused-ring (bicyclic) bond motifs is 1. The third-order valence-electron chi connectivity index (χ3n) is 4.31. The van der Waals surface area contributed by atoms with Gasteiger partial charge < -0.3 is 0 Å². The van der Waals surface area contributed by atoms with Gasteiger partial charge in [0.1, 0.15) is 5.82 Å². The van der Waals surface area contributed by atoms with E-state index in [1.54, 1.807) is 0 Å². The number of carbonyl (C=O) groups excluding carboxylic acids is 3. The number of hydrogen-bond acceptors (Lipinski definition) is 3. The van der Waals surface area contributed by atoms with Gasteiger partial charge in [0.05, 0.1) is 17.8 Å². The second-order valence-corrected chi connectivity index (χ2v) is 5.68. The fourth-order valence-corrected chi connectivity index (χ4v) is 3.14. The standard InChI is InChI=1S/C16H16FNO3/c17-11-6-7-13-12(8-11)15(20)16(21)18(13)9-14(19)10-4-2-1-3-5-10/h6-8,10H,1-5,9H2. The summed E-state index contributed by atoms with van der Waals surface area (Å²) in [5, 5.41) is 0. The molecule has 1 heterocycles. The number of anilines is 1. The summed E-state index contributed by atoms with van der Waals surface area (Å²) in [7, 11) is 0. The number of rotatable bonds is 3. The summed E-state index contributed by atoms with van der Waals surface area (Å²) in [6.45, 7) is -0.0894. The van der Waals surface area contributed by atoms with Crippen LogP contribution in [0.25, 0.3) is 0 Å². The second-order valence-electron chi connectivity index (χ2n) is 5.68. The van der Waals surface area contributed by atoms with Crippen LogP contribution in [0, 0.1) is 11.7 Å². The van der Waals surface area contributed by atoms with Gasteiger partial charge in [-0.3, -0.25) is 19.3 Å². The van der Waals surface area contributed by atoms with Crippen molar-refractivity contribution in [2.75, 3.05) is 11.4 Å². The molecule has 1 aliphatic carbocycles. The first kappa shape index (κ1) is 13.9. The van der Waals surface area contributed by atoms with Crippen LogP contribution in [0.3, 0.4) is 0 Å². The minimum atomic E-state index is -0.736. The van der Waals surface area contributed by atoms with E-state index in [1.807, 2.05) is 0 Å². The van der Waals surface area contributed by atoms with Gasteiger partial charge >= 0.3 is 0 Å². The van der Waals surface area contributed by atoms with Crippen molar-refractivity contribution in [2.24, 2.45) is 5.92 Å². The van der Waals surface area contributed by atoms with Crippen LogP contribution in [-0.4, -0.2) is 24.0 Å². The minimum Gasteiger partial charge on any atom is -0.297 e. The molecule has 1 aromatic carbocycles. The van der Waals surface area contributed by atoms with Crippen molar-refractivity contribution in [3.63, 3.8) is 0 Å². The molecule has 21 heavy (non-hydrogen) atoms. The molecule has 2 aliphatic rings. The van der Waals surface area contributed by atoms with Crippen LogP contribution in [-0.2, 0) is 9.59 Å². The quantitative estimate of drug-likeness (QED) is 0.803. The first-order chi connectivity index (χ1) is 10.1. The smallest absolute Gasteiger partial charge is 0.297 e. The molecule has 0 bridgehead atoms. The average Bonchev–Trinajstić information content (AvgIpc) is 2.73. The lowest BCUT2D eigenvalue weighted by Crippen LogP contribution is -2.37. The van der Waals surface area contributed by atoms with Crippen molar-refractivity contribution in [1.29, 1.82) is 0 Å². The Morgan fingerprint density at radius 2 is 1.90 bits per heavy atom. The molecule has 0 radical (unpaired) electrons. The molecule has 0 N–H and O–H groups in total. The molecular weight excluding hydrogens is 273 g/mol. The zero-order valence-corrected chi connectivity index (χ0v) is 11.6. The Bertz CT molecular complexity index is 620. The van der Waals surface area contributed by atoms with Crippen LogP contribution in [0.4, 0.5) is 10.1 Å². The number of halogens is 1. The van der Waals surface area contributed by atoms with Crippen molar-refractivity contribution < 1.29 is 18.8 Å². The number of nitrogens with zero attached hydrogens (tertiary/aromatic N) is 1. The first-order valence-corrected chi connectivity index (χ1v) is 7.26. The molecule has 5 heteroatoms. The van der Waals surface area contributed by atoms with Gasteiger partial charge in [-0.1, -0.05) is 19.3 Å². The lowest BCUT2D eigenvalue weighted by molar-refractivity contribution is -0.124. The summed E-state index contributed by atoms with van der Waals surface area (Å²) < 4.78 is 13.2. The second kappa shape index (κ2) is 5.39. The van der Waals surface area contributed by atoms with Crippen LogP contribution < -0.4 is 4.90 Å². The molecule has 0 aromatic heterocycles. The minimum absolute atomic E-state index is 0.00646. The lowest BCUT2D eigenvalue weighted by atomic mass is 9.86. The van der Waals surface area contributed by atoms with Gasteiger partial charge in [-0.2, -0.15) is 0 Å². The molecular formula is C16H16FNO3. The van der Waals surface area contributed by atoms with Crippen molar-refractivity contribution in [3.05, 3.63) is 29.6 Å². The summed E-state index contributed by atoms with van der Waals surface area (Å²) in [6.07, 6.45) is 4.92. The number of benzene rings is 1. The van der Waals surface area contributed by atoms with Gasteiger partial charge in [0.2, 0.25) is 0 Å². The van der Waals surface area contributed by atoms with Crippen molar-refractivity contribution >= 4 is 23.2 Å². The Morgan fingerprint density at radius 3 is 2.62 bits per heavy atom. The fourth-order valence-electron chi connectivity index (χ4n) is 3.14. The van der Waals surface area contributed by atoms with Gasteiger partial charge in [0.25, 0.3) is 11.7 Å². The average molecular weight is 289 g/mol. The van der Waals surface area contributed by atoms with Gasteiger partial charge in [0, 0.05) is 5.92 Å². The predicted molar refractivity (Wildman–Crippen MR) is 74.7 cm³/mol. The molecule has 1 saturated carbocycles. The van der Waals surface area contributed by atoms with Gasteiger partial charge in [-0.25, -0.2) is 4.39 Å². The van der Waals surface area contributed by atoms with E-state index < -0.39 is 17.5 Å². The number of hydrogen-bond donors (Lipinski definition) is 0. The summed E-state index contributed by atoms with van der Waals surface area (Å²) in [6, 6.07) is 3.64. The van der Waals surface area contributed by atoms with E-state index in [1.165, 1.54) is 17.0 Å². The highest BCUT2D eigenvalue weighted by atomic mass is 19.1. The molecule has 1 aliphatic heterocycles. The van der Waals surface area contributed by atoms with Gasteiger partial charge in [-0.15, -0.1) is 0 Å². The third-order valence-corrected chi connectivity index (χ3v) is 4.31. The van der Waals surface area contributed by atoms with Crippen LogP contribution in [0.15, 0.2) is 18.2 Å². The molecule has 1 fully saturated rings. The molecule has 1 amide bonds. The van der Waals surface area contributed by atoms with E-state index >= 15 is 0 Å². The Labute approximate surface area is 121 Å². The normalized spacial score (nSPS) is 19.0. The van der Waals surface area contributed by atoms with Gasteiger partial charge in [0.15, 0.2) is 5.78 Å². The first-order valence-electron chi connectivity index (χ1n) is 7.26. The highest BCUT2D eigenvalue weighted by Gasteiger charge is 2.38. The summed E-state index contributed by atoms with van der Waals surface area (Å²) in [4.78, 5) is 37.3. The van der Waals surface area contributed by atoms with Crippen LogP contribution in [0.2, 0.25) is 0 Å². The van der Waals surface area contributed by atoms with Crippen molar-refractivity contribution in [1.82, 2.24) is 0 Å². The maximum atomic E-state index is 13.2. The largest absolute Gasteiger partial charge is 0.299 e. The van der Waals surface area contributed by atoms with E-state index in [9.17, 15) is 18.8 Å². The molecule has 0 spiro atoms. The third kappa shape index (κ3) is 2.48. The van der Waals surface area contributed by atoms with Crippen LogP contribution >= 0.6 is 0 Å². The summed E-state index contributed by atoms with van der Waals surface area (Å²) in [5.74, 6) is -2.06. The van der Waals surface area contributed by atoms with E-state index in [4.69, 9.17) is 0 Å². The number of amides is 1. The SMILES string of the molecule is O=C1C(=O)N(CC(=O)C2CCCCC2)c2ccc(F)cc21.